The fourth-order valence-corrected chi connectivity index (χ4v) is 2.16. The Hall–Kier alpha value is -1.36. The van der Waals surface area contributed by atoms with Gasteiger partial charge in [-0.2, -0.15) is 4.98 Å². The van der Waals surface area contributed by atoms with E-state index < -0.39 is 0 Å². The molecule has 0 spiro atoms. The first-order chi connectivity index (χ1) is 7.70. The van der Waals surface area contributed by atoms with Crippen LogP contribution < -0.4 is 10.6 Å². The zero-order valence-electron chi connectivity index (χ0n) is 9.81. The van der Waals surface area contributed by atoms with Gasteiger partial charge in [-0.1, -0.05) is 0 Å². The summed E-state index contributed by atoms with van der Waals surface area (Å²) in [5.41, 5.74) is 6.69. The van der Waals surface area contributed by atoms with Gasteiger partial charge < -0.3 is 15.4 Å². The van der Waals surface area contributed by atoms with Crippen molar-refractivity contribution in [2.45, 2.75) is 13.3 Å². The molecule has 2 rings (SSSR count). The molecule has 16 heavy (non-hydrogen) atoms. The van der Waals surface area contributed by atoms with Gasteiger partial charge in [0, 0.05) is 37.9 Å². The molecule has 1 fully saturated rings. The van der Waals surface area contributed by atoms with Crippen LogP contribution in [0.5, 0.6) is 0 Å². The van der Waals surface area contributed by atoms with Crippen LogP contribution in [0.15, 0.2) is 6.20 Å². The lowest BCUT2D eigenvalue weighted by molar-refractivity contribution is 0.161. The lowest BCUT2D eigenvalue weighted by Crippen LogP contribution is -2.23. The number of nitrogen functional groups attached to an aromatic ring is 1. The van der Waals surface area contributed by atoms with Gasteiger partial charge in [0.15, 0.2) is 0 Å². The minimum atomic E-state index is 0.343. The third kappa shape index (κ3) is 2.24. The smallest absolute Gasteiger partial charge is 0.221 e. The Morgan fingerprint density at radius 2 is 2.44 bits per heavy atom. The summed E-state index contributed by atoms with van der Waals surface area (Å²) in [6.45, 7) is 4.84. The molecule has 0 amide bonds. The van der Waals surface area contributed by atoms with Crippen molar-refractivity contribution in [3.05, 3.63) is 11.8 Å². The quantitative estimate of drug-likeness (QED) is 0.821. The molecular weight excluding hydrogens is 204 g/mol. The summed E-state index contributed by atoms with van der Waals surface area (Å²) in [4.78, 5) is 10.5. The van der Waals surface area contributed by atoms with Crippen LogP contribution in [0.2, 0.25) is 0 Å². The monoisotopic (exact) mass is 222 g/mol. The first kappa shape index (κ1) is 11.1. The van der Waals surface area contributed by atoms with Crippen molar-refractivity contribution in [3.8, 4) is 0 Å². The predicted octanol–water partition coefficient (Wildman–Crippen LogP) is 0.840. The van der Waals surface area contributed by atoms with Gasteiger partial charge >= 0.3 is 0 Å². The minimum absolute atomic E-state index is 0.343. The number of hydrogen-bond acceptors (Lipinski definition) is 5. The number of rotatable bonds is 3. The maximum absolute atomic E-state index is 5.61. The Kier molecular flexibility index (Phi) is 3.24. The van der Waals surface area contributed by atoms with E-state index in [4.69, 9.17) is 10.5 Å². The van der Waals surface area contributed by atoms with Gasteiger partial charge in [0.25, 0.3) is 0 Å². The van der Waals surface area contributed by atoms with Gasteiger partial charge in [0.2, 0.25) is 5.95 Å². The highest BCUT2D eigenvalue weighted by atomic mass is 16.5. The molecule has 1 aliphatic rings. The highest BCUT2D eigenvalue weighted by molar-refractivity contribution is 5.48. The normalized spacial score (nSPS) is 20.4. The predicted molar refractivity (Wildman–Crippen MR) is 63.4 cm³/mol. The maximum atomic E-state index is 5.61. The van der Waals surface area contributed by atoms with Gasteiger partial charge in [-0.25, -0.2) is 4.98 Å². The molecule has 0 bridgehead atoms. The fourth-order valence-electron chi connectivity index (χ4n) is 2.16. The first-order valence-corrected chi connectivity index (χ1v) is 5.53. The molecular formula is C11H18N4O. The van der Waals surface area contributed by atoms with Crippen LogP contribution >= 0.6 is 0 Å². The van der Waals surface area contributed by atoms with Gasteiger partial charge in [-0.3, -0.25) is 0 Å². The second-order valence-corrected chi connectivity index (χ2v) is 4.29. The highest BCUT2D eigenvalue weighted by Crippen LogP contribution is 2.25. The third-order valence-electron chi connectivity index (χ3n) is 2.95. The summed E-state index contributed by atoms with van der Waals surface area (Å²) in [5, 5.41) is 0. The Bertz CT molecular complexity index is 369. The first-order valence-electron chi connectivity index (χ1n) is 5.53. The van der Waals surface area contributed by atoms with Gasteiger partial charge in [-0.05, 0) is 13.3 Å². The number of hydrogen-bond donors (Lipinski definition) is 1. The minimum Gasteiger partial charge on any atom is -0.384 e. The Morgan fingerprint density at radius 1 is 1.62 bits per heavy atom. The topological polar surface area (TPSA) is 64.3 Å². The Balaban J connectivity index is 2.11. The van der Waals surface area contributed by atoms with Crippen LogP contribution in [0.3, 0.4) is 0 Å². The lowest BCUT2D eigenvalue weighted by Gasteiger charge is -2.19. The number of anilines is 2. The van der Waals surface area contributed by atoms with Crippen LogP contribution in [-0.2, 0) is 4.74 Å². The van der Waals surface area contributed by atoms with E-state index in [0.29, 0.717) is 11.9 Å². The molecule has 1 aliphatic heterocycles. The Labute approximate surface area is 95.6 Å². The van der Waals surface area contributed by atoms with Crippen LogP contribution in [0.25, 0.3) is 0 Å². The second-order valence-electron chi connectivity index (χ2n) is 4.29. The SMILES string of the molecule is COCC1CCN(c2nc(N)ncc2C)C1. The van der Waals surface area contributed by atoms with Gasteiger partial charge in [-0.15, -0.1) is 0 Å². The zero-order valence-corrected chi connectivity index (χ0v) is 9.81. The molecule has 0 aromatic carbocycles. The van der Waals surface area contributed by atoms with Crippen LogP contribution in [0.4, 0.5) is 11.8 Å². The second kappa shape index (κ2) is 4.65. The highest BCUT2D eigenvalue weighted by Gasteiger charge is 2.24. The molecule has 1 atom stereocenters. The maximum Gasteiger partial charge on any atom is 0.221 e. The van der Waals surface area contributed by atoms with E-state index in [0.717, 1.165) is 37.5 Å². The molecule has 2 N–H and O–H groups in total. The molecule has 0 aliphatic carbocycles. The van der Waals surface area contributed by atoms with Crippen LogP contribution in [-0.4, -0.2) is 36.8 Å². The summed E-state index contributed by atoms with van der Waals surface area (Å²) in [5.74, 6) is 1.91. The lowest BCUT2D eigenvalue weighted by atomic mass is 10.1. The number of ether oxygens (including phenoxy) is 1. The summed E-state index contributed by atoms with van der Waals surface area (Å²) in [7, 11) is 1.75. The van der Waals surface area contributed by atoms with E-state index in [2.05, 4.69) is 14.9 Å². The number of methoxy groups -OCH3 is 1. The average molecular weight is 222 g/mol. The Morgan fingerprint density at radius 3 is 3.19 bits per heavy atom. The molecule has 1 saturated heterocycles. The third-order valence-corrected chi connectivity index (χ3v) is 2.95. The van der Waals surface area contributed by atoms with E-state index in [9.17, 15) is 0 Å². The number of aromatic nitrogens is 2. The molecule has 1 aromatic rings. The molecule has 5 nitrogen and oxygen atoms in total. The van der Waals surface area contributed by atoms with E-state index in [-0.39, 0.29) is 0 Å². The molecule has 88 valence electrons. The van der Waals surface area contributed by atoms with E-state index in [1.807, 2.05) is 6.92 Å². The number of nitrogens with zero attached hydrogens (tertiary/aromatic N) is 3. The number of nitrogens with two attached hydrogens (primary N) is 1. The molecule has 0 radical (unpaired) electrons. The van der Waals surface area contributed by atoms with Crippen molar-refractivity contribution in [3.63, 3.8) is 0 Å². The van der Waals surface area contributed by atoms with Crippen molar-refractivity contribution in [2.75, 3.05) is 37.4 Å². The van der Waals surface area contributed by atoms with Crippen LogP contribution in [0, 0.1) is 12.8 Å². The molecule has 2 heterocycles. The van der Waals surface area contributed by atoms with Crippen molar-refractivity contribution in [1.29, 1.82) is 0 Å². The average Bonchev–Trinajstić information content (AvgIpc) is 2.71. The molecule has 1 unspecified atom stereocenters. The van der Waals surface area contributed by atoms with E-state index in [1.165, 1.54) is 0 Å². The molecule has 5 heteroatoms. The fraction of sp³-hybridized carbons (Fsp3) is 0.636. The largest absolute Gasteiger partial charge is 0.384 e. The zero-order chi connectivity index (χ0) is 11.5. The van der Waals surface area contributed by atoms with Crippen LogP contribution in [0.1, 0.15) is 12.0 Å². The molecule has 1 aromatic heterocycles. The summed E-state index contributed by atoms with van der Waals surface area (Å²) < 4.78 is 5.18. The summed E-state index contributed by atoms with van der Waals surface area (Å²) in [6.07, 6.45) is 2.93. The number of aryl methyl sites for hydroxylation is 1. The summed E-state index contributed by atoms with van der Waals surface area (Å²) >= 11 is 0. The van der Waals surface area contributed by atoms with Crippen molar-refractivity contribution >= 4 is 11.8 Å². The summed E-state index contributed by atoms with van der Waals surface area (Å²) in [6, 6.07) is 0. The van der Waals surface area contributed by atoms with E-state index in [1.54, 1.807) is 13.3 Å². The van der Waals surface area contributed by atoms with Crippen molar-refractivity contribution < 1.29 is 4.74 Å². The van der Waals surface area contributed by atoms with E-state index >= 15 is 0 Å². The standard InChI is InChI=1S/C11H18N4O/c1-8-5-13-11(12)14-10(8)15-4-3-9(6-15)7-16-2/h5,9H,3-4,6-7H2,1-2H3,(H2,12,13,14). The van der Waals surface area contributed by atoms with Crippen molar-refractivity contribution in [2.24, 2.45) is 5.92 Å². The van der Waals surface area contributed by atoms with Gasteiger partial charge in [0.1, 0.15) is 5.82 Å². The molecule has 0 saturated carbocycles. The van der Waals surface area contributed by atoms with Gasteiger partial charge in [0.05, 0.1) is 6.61 Å². The van der Waals surface area contributed by atoms with Crippen molar-refractivity contribution in [1.82, 2.24) is 9.97 Å².